The van der Waals surface area contributed by atoms with Crippen LogP contribution < -0.4 is 10.6 Å². The third kappa shape index (κ3) is 4.18. The van der Waals surface area contributed by atoms with Gasteiger partial charge in [0.25, 0.3) is 0 Å². The predicted molar refractivity (Wildman–Crippen MR) is 87.2 cm³/mol. The van der Waals surface area contributed by atoms with Gasteiger partial charge in [-0.05, 0) is 43.7 Å². The van der Waals surface area contributed by atoms with Crippen LogP contribution in [-0.2, 0) is 4.79 Å². The molecule has 0 radical (unpaired) electrons. The second kappa shape index (κ2) is 7.39. The highest BCUT2D eigenvalue weighted by Crippen LogP contribution is 2.13. The van der Waals surface area contributed by atoms with E-state index in [1.807, 2.05) is 50.2 Å². The fourth-order valence-electron chi connectivity index (χ4n) is 2.17. The molecule has 0 heterocycles. The van der Waals surface area contributed by atoms with Crippen LogP contribution in [0.25, 0.3) is 0 Å². The zero-order valence-electron chi connectivity index (χ0n) is 12.7. The van der Waals surface area contributed by atoms with Crippen LogP contribution in [0.4, 0.5) is 5.69 Å². The number of nitriles is 1. The zero-order valence-corrected chi connectivity index (χ0v) is 12.7. The van der Waals surface area contributed by atoms with Crippen molar-refractivity contribution < 1.29 is 4.79 Å². The molecule has 22 heavy (non-hydrogen) atoms. The molecule has 0 saturated carbocycles. The van der Waals surface area contributed by atoms with E-state index in [-0.39, 0.29) is 18.0 Å². The molecule has 0 saturated heterocycles. The first kappa shape index (κ1) is 15.7. The maximum atomic E-state index is 12.2. The lowest BCUT2D eigenvalue weighted by atomic mass is 10.1. The topological polar surface area (TPSA) is 64.9 Å². The molecule has 4 heteroatoms. The predicted octanol–water partition coefficient (Wildman–Crippen LogP) is 3.24. The number of hydrogen-bond donors (Lipinski definition) is 2. The number of benzene rings is 2. The Kier molecular flexibility index (Phi) is 5.29. The van der Waals surface area contributed by atoms with Crippen LogP contribution in [0.1, 0.15) is 31.0 Å². The van der Waals surface area contributed by atoms with Gasteiger partial charge in [-0.3, -0.25) is 10.1 Å². The van der Waals surface area contributed by atoms with Crippen molar-refractivity contribution in [3.8, 4) is 6.07 Å². The average Bonchev–Trinajstić information content (AvgIpc) is 2.56. The van der Waals surface area contributed by atoms with Crippen molar-refractivity contribution in [2.75, 3.05) is 5.32 Å². The second-order valence-corrected chi connectivity index (χ2v) is 5.20. The standard InChI is InChI=1S/C18H19N3O/c1-13(16-6-4-3-5-7-16)20-14(2)18(22)21-17-10-8-15(12-19)9-11-17/h3-11,13-14,20H,1-2H3,(H,21,22)/t13-,14+/m1/s1. The fraction of sp³-hybridized carbons (Fsp3) is 0.222. The molecule has 112 valence electrons. The van der Waals surface area contributed by atoms with Crippen molar-refractivity contribution in [1.82, 2.24) is 5.32 Å². The number of carbonyl (C=O) groups excluding carboxylic acids is 1. The van der Waals surface area contributed by atoms with Crippen molar-refractivity contribution in [1.29, 1.82) is 5.26 Å². The van der Waals surface area contributed by atoms with E-state index in [1.165, 1.54) is 0 Å². The molecule has 2 N–H and O–H groups in total. The average molecular weight is 293 g/mol. The Labute approximate surface area is 130 Å². The second-order valence-electron chi connectivity index (χ2n) is 5.20. The van der Waals surface area contributed by atoms with Gasteiger partial charge in [-0.15, -0.1) is 0 Å². The number of amides is 1. The van der Waals surface area contributed by atoms with Gasteiger partial charge < -0.3 is 5.32 Å². The summed E-state index contributed by atoms with van der Waals surface area (Å²) in [5.74, 6) is -0.104. The number of carbonyl (C=O) groups is 1. The summed E-state index contributed by atoms with van der Waals surface area (Å²) in [4.78, 5) is 12.2. The van der Waals surface area contributed by atoms with Crippen LogP contribution in [0.15, 0.2) is 54.6 Å². The van der Waals surface area contributed by atoms with Gasteiger partial charge in [0.1, 0.15) is 0 Å². The van der Waals surface area contributed by atoms with Gasteiger partial charge >= 0.3 is 0 Å². The molecule has 0 unspecified atom stereocenters. The summed E-state index contributed by atoms with van der Waals surface area (Å²) >= 11 is 0. The van der Waals surface area contributed by atoms with E-state index in [2.05, 4.69) is 10.6 Å². The minimum Gasteiger partial charge on any atom is -0.325 e. The Morgan fingerprint density at radius 2 is 1.68 bits per heavy atom. The van der Waals surface area contributed by atoms with Crippen molar-refractivity contribution in [3.63, 3.8) is 0 Å². The van der Waals surface area contributed by atoms with E-state index < -0.39 is 0 Å². The van der Waals surface area contributed by atoms with Crippen LogP contribution in [-0.4, -0.2) is 11.9 Å². The summed E-state index contributed by atoms with van der Waals surface area (Å²) in [7, 11) is 0. The number of hydrogen-bond acceptors (Lipinski definition) is 3. The maximum Gasteiger partial charge on any atom is 0.241 e. The van der Waals surface area contributed by atoms with Crippen molar-refractivity contribution >= 4 is 11.6 Å². The van der Waals surface area contributed by atoms with E-state index in [0.29, 0.717) is 11.3 Å². The Morgan fingerprint density at radius 1 is 1.05 bits per heavy atom. The number of anilines is 1. The smallest absolute Gasteiger partial charge is 0.241 e. The third-order valence-corrected chi connectivity index (χ3v) is 3.47. The molecule has 0 fully saturated rings. The molecule has 0 aliphatic heterocycles. The van der Waals surface area contributed by atoms with Gasteiger partial charge in [0.15, 0.2) is 0 Å². The maximum absolute atomic E-state index is 12.2. The summed E-state index contributed by atoms with van der Waals surface area (Å²) in [5.41, 5.74) is 2.40. The van der Waals surface area contributed by atoms with Gasteiger partial charge in [-0.2, -0.15) is 5.26 Å². The highest BCUT2D eigenvalue weighted by atomic mass is 16.2. The minimum atomic E-state index is -0.328. The van der Waals surface area contributed by atoms with E-state index in [9.17, 15) is 4.79 Å². The van der Waals surface area contributed by atoms with Gasteiger partial charge in [0.05, 0.1) is 17.7 Å². The lowest BCUT2D eigenvalue weighted by molar-refractivity contribution is -0.117. The number of nitrogens with zero attached hydrogens (tertiary/aromatic N) is 1. The first-order valence-electron chi connectivity index (χ1n) is 7.22. The molecule has 0 aromatic heterocycles. The largest absolute Gasteiger partial charge is 0.325 e. The molecule has 2 aromatic rings. The van der Waals surface area contributed by atoms with Crippen LogP contribution in [0.3, 0.4) is 0 Å². The Morgan fingerprint density at radius 3 is 2.27 bits per heavy atom. The summed E-state index contributed by atoms with van der Waals surface area (Å²) in [5, 5.41) is 14.9. The SMILES string of the molecule is C[C@H](N[C@H](C)c1ccccc1)C(=O)Nc1ccc(C#N)cc1. The third-order valence-electron chi connectivity index (χ3n) is 3.47. The molecule has 4 nitrogen and oxygen atoms in total. The molecular formula is C18H19N3O. The zero-order chi connectivity index (χ0) is 15.9. The van der Waals surface area contributed by atoms with E-state index >= 15 is 0 Å². The molecular weight excluding hydrogens is 274 g/mol. The van der Waals surface area contributed by atoms with Crippen LogP contribution in [0.5, 0.6) is 0 Å². The first-order valence-corrected chi connectivity index (χ1v) is 7.22. The molecule has 1 amide bonds. The van der Waals surface area contributed by atoms with Crippen molar-refractivity contribution in [3.05, 3.63) is 65.7 Å². The Hall–Kier alpha value is -2.64. The normalized spacial score (nSPS) is 13.0. The summed E-state index contributed by atoms with van der Waals surface area (Å²) < 4.78 is 0. The fourth-order valence-corrected chi connectivity index (χ4v) is 2.17. The Bertz CT molecular complexity index is 659. The van der Waals surface area contributed by atoms with Crippen LogP contribution in [0.2, 0.25) is 0 Å². The Balaban J connectivity index is 1.93. The van der Waals surface area contributed by atoms with Gasteiger partial charge in [-0.25, -0.2) is 0 Å². The first-order chi connectivity index (χ1) is 10.6. The summed E-state index contributed by atoms with van der Waals surface area (Å²) in [6, 6.07) is 18.6. The van der Waals surface area contributed by atoms with Crippen molar-refractivity contribution in [2.45, 2.75) is 25.9 Å². The monoisotopic (exact) mass is 293 g/mol. The molecule has 0 aliphatic rings. The van der Waals surface area contributed by atoms with Gasteiger partial charge in [-0.1, -0.05) is 30.3 Å². The number of nitrogens with one attached hydrogen (secondary N) is 2. The minimum absolute atomic E-state index is 0.0860. The van der Waals surface area contributed by atoms with E-state index in [4.69, 9.17) is 5.26 Å². The quantitative estimate of drug-likeness (QED) is 0.889. The van der Waals surface area contributed by atoms with Crippen LogP contribution in [0, 0.1) is 11.3 Å². The summed E-state index contributed by atoms with van der Waals surface area (Å²) in [6.07, 6.45) is 0. The van der Waals surface area contributed by atoms with Gasteiger partial charge in [0.2, 0.25) is 5.91 Å². The highest BCUT2D eigenvalue weighted by molar-refractivity contribution is 5.94. The lowest BCUT2D eigenvalue weighted by Gasteiger charge is -2.20. The van der Waals surface area contributed by atoms with E-state index in [0.717, 1.165) is 5.56 Å². The highest BCUT2D eigenvalue weighted by Gasteiger charge is 2.16. The lowest BCUT2D eigenvalue weighted by Crippen LogP contribution is -2.39. The summed E-state index contributed by atoms with van der Waals surface area (Å²) in [6.45, 7) is 3.86. The molecule has 0 spiro atoms. The molecule has 0 bridgehead atoms. The van der Waals surface area contributed by atoms with Crippen LogP contribution >= 0.6 is 0 Å². The molecule has 2 rings (SSSR count). The molecule has 0 aliphatic carbocycles. The molecule has 2 atom stereocenters. The number of rotatable bonds is 5. The molecule has 2 aromatic carbocycles. The van der Waals surface area contributed by atoms with E-state index in [1.54, 1.807) is 24.3 Å². The van der Waals surface area contributed by atoms with Gasteiger partial charge in [0, 0.05) is 11.7 Å². The van der Waals surface area contributed by atoms with Crippen molar-refractivity contribution in [2.24, 2.45) is 0 Å².